The number of rotatable bonds is 7. The Morgan fingerprint density at radius 3 is 2.58 bits per heavy atom. The largest absolute Gasteiger partial charge is 0.480 e. The molecule has 2 atom stereocenters. The number of nitrogens with zero attached hydrogens (tertiary/aromatic N) is 1. The first kappa shape index (κ1) is 19.4. The lowest BCUT2D eigenvalue weighted by atomic mass is 9.92. The number of amides is 2. The molecule has 1 unspecified atom stereocenters. The minimum Gasteiger partial charge on any atom is -0.480 e. The molecule has 0 radical (unpaired) electrons. The molecule has 1 aliphatic heterocycles. The molecule has 1 aliphatic rings. The summed E-state index contributed by atoms with van der Waals surface area (Å²) in [5, 5.41) is 18.9. The molecule has 2 amide bonds. The van der Waals surface area contributed by atoms with Crippen molar-refractivity contribution in [3.8, 4) is 0 Å². The first-order chi connectivity index (χ1) is 12.3. The number of carboxylic acid groups (broad SMARTS) is 1. The number of anilines is 1. The van der Waals surface area contributed by atoms with E-state index in [4.69, 9.17) is 16.2 Å². The van der Waals surface area contributed by atoms with Gasteiger partial charge in [-0.3, -0.25) is 15.0 Å². The zero-order valence-electron chi connectivity index (χ0n) is 14.7. The Morgan fingerprint density at radius 2 is 2.04 bits per heavy atom. The summed E-state index contributed by atoms with van der Waals surface area (Å²) in [6, 6.07) is 5.89. The van der Waals surface area contributed by atoms with Gasteiger partial charge in [0.1, 0.15) is 11.9 Å². The molecule has 0 aliphatic carbocycles. The molecule has 2 rings (SSSR count). The van der Waals surface area contributed by atoms with Crippen molar-refractivity contribution < 1.29 is 19.5 Å². The highest BCUT2D eigenvalue weighted by Gasteiger charge is 2.32. The van der Waals surface area contributed by atoms with Crippen molar-refractivity contribution in [2.45, 2.75) is 38.6 Å². The van der Waals surface area contributed by atoms with Crippen molar-refractivity contribution in [1.29, 1.82) is 5.41 Å². The predicted octanol–water partition coefficient (Wildman–Crippen LogP) is 1.08. The summed E-state index contributed by atoms with van der Waals surface area (Å²) in [5.41, 5.74) is 6.71. The first-order valence-electron chi connectivity index (χ1n) is 8.61. The molecule has 0 saturated carbocycles. The van der Waals surface area contributed by atoms with Crippen molar-refractivity contribution >= 4 is 29.3 Å². The number of amidine groups is 1. The second-order valence-corrected chi connectivity index (χ2v) is 6.36. The van der Waals surface area contributed by atoms with Crippen LogP contribution in [0, 0.1) is 11.3 Å². The second kappa shape index (κ2) is 8.46. The topological polar surface area (TPSA) is 137 Å². The number of hydrogen-bond acceptors (Lipinski definition) is 4. The predicted molar refractivity (Wildman–Crippen MR) is 97.0 cm³/mol. The highest BCUT2D eigenvalue weighted by Crippen LogP contribution is 2.26. The van der Waals surface area contributed by atoms with E-state index in [0.717, 1.165) is 6.42 Å². The number of benzene rings is 1. The van der Waals surface area contributed by atoms with Gasteiger partial charge in [-0.1, -0.05) is 6.92 Å². The van der Waals surface area contributed by atoms with Gasteiger partial charge in [0.2, 0.25) is 11.8 Å². The van der Waals surface area contributed by atoms with Crippen LogP contribution in [0.3, 0.4) is 0 Å². The number of hydrogen-bond donors (Lipinski definition) is 4. The molecule has 1 aromatic carbocycles. The molecule has 0 aromatic heterocycles. The van der Waals surface area contributed by atoms with E-state index in [1.807, 2.05) is 0 Å². The Labute approximate surface area is 151 Å². The van der Waals surface area contributed by atoms with E-state index in [-0.39, 0.29) is 24.6 Å². The average molecular weight is 360 g/mol. The summed E-state index contributed by atoms with van der Waals surface area (Å²) in [5.74, 6) is -2.16. The van der Waals surface area contributed by atoms with Crippen LogP contribution in [0.2, 0.25) is 0 Å². The van der Waals surface area contributed by atoms with E-state index in [0.29, 0.717) is 24.2 Å². The molecule has 1 heterocycles. The fraction of sp³-hybridized carbons (Fsp3) is 0.444. The molecule has 26 heavy (non-hydrogen) atoms. The highest BCUT2D eigenvalue weighted by molar-refractivity contribution is 5.99. The maximum atomic E-state index is 12.7. The van der Waals surface area contributed by atoms with Gasteiger partial charge < -0.3 is 21.1 Å². The molecule has 0 bridgehead atoms. The zero-order chi connectivity index (χ0) is 19.3. The molecule has 1 saturated heterocycles. The lowest BCUT2D eigenvalue weighted by molar-refractivity contribution is -0.142. The lowest BCUT2D eigenvalue weighted by Crippen LogP contribution is -2.45. The van der Waals surface area contributed by atoms with E-state index in [1.165, 1.54) is 0 Å². The van der Waals surface area contributed by atoms with Crippen molar-refractivity contribution in [3.63, 3.8) is 0 Å². The number of aliphatic carboxylic acids is 1. The number of nitrogens with two attached hydrogens (primary N) is 1. The van der Waals surface area contributed by atoms with Crippen molar-refractivity contribution in [3.05, 3.63) is 29.8 Å². The number of carboxylic acids is 1. The Kier molecular flexibility index (Phi) is 6.32. The van der Waals surface area contributed by atoms with Crippen LogP contribution < -0.4 is 16.0 Å². The van der Waals surface area contributed by atoms with E-state index < -0.39 is 23.8 Å². The van der Waals surface area contributed by atoms with Crippen LogP contribution in [-0.4, -0.2) is 41.3 Å². The molecule has 8 nitrogen and oxygen atoms in total. The Balaban J connectivity index is 2.03. The van der Waals surface area contributed by atoms with Crippen LogP contribution in [0.1, 0.15) is 38.2 Å². The van der Waals surface area contributed by atoms with Crippen molar-refractivity contribution in [2.75, 3.05) is 11.4 Å². The van der Waals surface area contributed by atoms with E-state index >= 15 is 0 Å². The zero-order valence-corrected chi connectivity index (χ0v) is 14.7. The third kappa shape index (κ3) is 4.59. The van der Waals surface area contributed by atoms with Crippen LogP contribution >= 0.6 is 0 Å². The molecule has 140 valence electrons. The fourth-order valence-corrected chi connectivity index (χ4v) is 3.03. The standard InChI is InChI=1S/C18H24N4O4/c1-2-14(18(25)26)21-15(23)10-12-4-3-9-22(17(12)24)13-7-5-11(6-8-13)16(19)20/h5-8,12,14H,2-4,9-10H2,1H3,(H3,19,20)(H,21,23)(H,25,26)/t12?,14-/m0/s1. The van der Waals surface area contributed by atoms with Gasteiger partial charge in [-0.05, 0) is 43.5 Å². The van der Waals surface area contributed by atoms with Crippen molar-refractivity contribution in [2.24, 2.45) is 11.7 Å². The smallest absolute Gasteiger partial charge is 0.326 e. The molecular weight excluding hydrogens is 336 g/mol. The van der Waals surface area contributed by atoms with E-state index in [9.17, 15) is 14.4 Å². The number of piperidine rings is 1. The van der Waals surface area contributed by atoms with Crippen LogP contribution in [0.25, 0.3) is 0 Å². The second-order valence-electron chi connectivity index (χ2n) is 6.36. The summed E-state index contributed by atoms with van der Waals surface area (Å²) in [6.45, 7) is 2.24. The molecule has 8 heteroatoms. The van der Waals surface area contributed by atoms with Gasteiger partial charge >= 0.3 is 5.97 Å². The SMILES string of the molecule is CC[C@H](NC(=O)CC1CCCN(c2ccc(C(=N)N)cc2)C1=O)C(=O)O. The lowest BCUT2D eigenvalue weighted by Gasteiger charge is -2.32. The van der Waals surface area contributed by atoms with Gasteiger partial charge in [0, 0.05) is 30.1 Å². The van der Waals surface area contributed by atoms with E-state index in [1.54, 1.807) is 36.1 Å². The monoisotopic (exact) mass is 360 g/mol. The maximum Gasteiger partial charge on any atom is 0.326 e. The molecule has 5 N–H and O–H groups in total. The number of carbonyl (C=O) groups excluding carboxylic acids is 2. The van der Waals surface area contributed by atoms with Crippen LogP contribution in [0.15, 0.2) is 24.3 Å². The summed E-state index contributed by atoms with van der Waals surface area (Å²) in [4.78, 5) is 37.5. The van der Waals surface area contributed by atoms with Crippen LogP contribution in [-0.2, 0) is 14.4 Å². The van der Waals surface area contributed by atoms with Crippen LogP contribution in [0.4, 0.5) is 5.69 Å². The maximum absolute atomic E-state index is 12.7. The minimum atomic E-state index is -1.08. The summed E-state index contributed by atoms with van der Waals surface area (Å²) in [6.07, 6.45) is 1.62. The Hall–Kier alpha value is -2.90. The van der Waals surface area contributed by atoms with Gasteiger partial charge in [0.15, 0.2) is 0 Å². The number of carbonyl (C=O) groups is 3. The third-order valence-electron chi connectivity index (χ3n) is 4.51. The number of nitrogens with one attached hydrogen (secondary N) is 2. The van der Waals surface area contributed by atoms with Gasteiger partial charge in [0.25, 0.3) is 0 Å². The number of nitrogen functional groups attached to an aromatic ring is 1. The summed E-state index contributed by atoms with van der Waals surface area (Å²) < 4.78 is 0. The third-order valence-corrected chi connectivity index (χ3v) is 4.51. The van der Waals surface area contributed by atoms with E-state index in [2.05, 4.69) is 5.32 Å². The quantitative estimate of drug-likeness (QED) is 0.426. The Morgan fingerprint density at radius 1 is 1.38 bits per heavy atom. The van der Waals surface area contributed by atoms with Gasteiger partial charge in [-0.2, -0.15) is 0 Å². The van der Waals surface area contributed by atoms with Crippen molar-refractivity contribution in [1.82, 2.24) is 5.32 Å². The normalized spacial score (nSPS) is 18.3. The van der Waals surface area contributed by atoms with Gasteiger partial charge in [0.05, 0.1) is 0 Å². The first-order valence-corrected chi connectivity index (χ1v) is 8.61. The summed E-state index contributed by atoms with van der Waals surface area (Å²) >= 11 is 0. The highest BCUT2D eigenvalue weighted by atomic mass is 16.4. The Bertz CT molecular complexity index is 702. The summed E-state index contributed by atoms with van der Waals surface area (Å²) in [7, 11) is 0. The minimum absolute atomic E-state index is 0.0232. The van der Waals surface area contributed by atoms with Gasteiger partial charge in [-0.15, -0.1) is 0 Å². The molecular formula is C18H24N4O4. The average Bonchev–Trinajstić information content (AvgIpc) is 2.61. The fourth-order valence-electron chi connectivity index (χ4n) is 3.03. The molecule has 1 fully saturated rings. The van der Waals surface area contributed by atoms with Crippen LogP contribution in [0.5, 0.6) is 0 Å². The van der Waals surface area contributed by atoms with Gasteiger partial charge in [-0.25, -0.2) is 4.79 Å². The molecule has 1 aromatic rings. The molecule has 0 spiro atoms.